The summed E-state index contributed by atoms with van der Waals surface area (Å²) in [4.78, 5) is 0. The van der Waals surface area contributed by atoms with E-state index in [9.17, 15) is 5.11 Å². The maximum Gasteiger partial charge on any atom is 0.0873 e. The molecule has 0 spiro atoms. The molecule has 0 aliphatic rings. The van der Waals surface area contributed by atoms with Crippen molar-refractivity contribution < 1.29 is 5.11 Å². The monoisotopic (exact) mass is 220 g/mol. The van der Waals surface area contributed by atoms with Gasteiger partial charge in [0.1, 0.15) is 0 Å². The molecule has 0 aromatic heterocycles. The van der Waals surface area contributed by atoms with Gasteiger partial charge in [-0.1, -0.05) is 51.0 Å². The lowest BCUT2D eigenvalue weighted by Crippen LogP contribution is -2.25. The van der Waals surface area contributed by atoms with Gasteiger partial charge in [-0.05, 0) is 37.3 Å². The molecule has 0 bridgehead atoms. The summed E-state index contributed by atoms with van der Waals surface area (Å²) >= 11 is 0. The summed E-state index contributed by atoms with van der Waals surface area (Å²) in [5, 5.41) is 10.6. The molecule has 0 heterocycles. The van der Waals surface area contributed by atoms with Crippen LogP contribution in [0, 0.1) is 12.8 Å². The molecule has 0 radical (unpaired) electrons. The SMILES string of the molecule is CCC(CC)CC(C)(O)c1ccccc1C. The molecule has 0 saturated carbocycles. The Bertz CT molecular complexity index is 324. The van der Waals surface area contributed by atoms with E-state index in [1.807, 2.05) is 25.1 Å². The predicted octanol–water partition coefficient (Wildman–Crippen LogP) is 4.03. The minimum absolute atomic E-state index is 0.606. The Morgan fingerprint density at radius 3 is 2.25 bits per heavy atom. The van der Waals surface area contributed by atoms with Crippen LogP contribution in [0.25, 0.3) is 0 Å². The zero-order valence-electron chi connectivity index (χ0n) is 11.0. The molecule has 0 aliphatic carbocycles. The van der Waals surface area contributed by atoms with Crippen LogP contribution < -0.4 is 0 Å². The molecular formula is C15H24O. The molecule has 1 N–H and O–H groups in total. The first-order chi connectivity index (χ1) is 7.51. The van der Waals surface area contributed by atoms with Crippen LogP contribution >= 0.6 is 0 Å². The highest BCUT2D eigenvalue weighted by molar-refractivity contribution is 5.30. The average molecular weight is 220 g/mol. The molecule has 0 aliphatic heterocycles. The van der Waals surface area contributed by atoms with E-state index >= 15 is 0 Å². The van der Waals surface area contributed by atoms with Crippen molar-refractivity contribution in [2.24, 2.45) is 5.92 Å². The van der Waals surface area contributed by atoms with E-state index in [0.717, 1.165) is 24.8 Å². The summed E-state index contributed by atoms with van der Waals surface area (Å²) in [7, 11) is 0. The highest BCUT2D eigenvalue weighted by Gasteiger charge is 2.27. The largest absolute Gasteiger partial charge is 0.385 e. The van der Waals surface area contributed by atoms with E-state index < -0.39 is 5.60 Å². The van der Waals surface area contributed by atoms with Crippen LogP contribution in [0.3, 0.4) is 0 Å². The van der Waals surface area contributed by atoms with E-state index in [4.69, 9.17) is 0 Å². The van der Waals surface area contributed by atoms with E-state index in [0.29, 0.717) is 5.92 Å². The van der Waals surface area contributed by atoms with Gasteiger partial charge in [-0.15, -0.1) is 0 Å². The Morgan fingerprint density at radius 1 is 1.19 bits per heavy atom. The smallest absolute Gasteiger partial charge is 0.0873 e. The summed E-state index contributed by atoms with van der Waals surface area (Å²) in [6.07, 6.45) is 3.13. The molecule has 0 saturated heterocycles. The fraction of sp³-hybridized carbons (Fsp3) is 0.600. The maximum atomic E-state index is 10.6. The fourth-order valence-corrected chi connectivity index (χ4v) is 2.43. The molecule has 0 amide bonds. The Balaban J connectivity index is 2.89. The molecule has 0 fully saturated rings. The minimum Gasteiger partial charge on any atom is -0.385 e. The van der Waals surface area contributed by atoms with Crippen LogP contribution in [0.5, 0.6) is 0 Å². The van der Waals surface area contributed by atoms with Gasteiger partial charge in [-0.25, -0.2) is 0 Å². The first-order valence-corrected chi connectivity index (χ1v) is 6.29. The third kappa shape index (κ3) is 3.08. The van der Waals surface area contributed by atoms with Crippen molar-refractivity contribution in [3.8, 4) is 0 Å². The normalized spacial score (nSPS) is 15.1. The molecule has 16 heavy (non-hydrogen) atoms. The molecule has 1 aromatic rings. The van der Waals surface area contributed by atoms with Crippen LogP contribution in [0.4, 0.5) is 0 Å². The van der Waals surface area contributed by atoms with Crippen LogP contribution in [-0.2, 0) is 5.60 Å². The molecular weight excluding hydrogens is 196 g/mol. The second kappa shape index (κ2) is 5.49. The van der Waals surface area contributed by atoms with Gasteiger partial charge in [0.25, 0.3) is 0 Å². The Kier molecular flexibility index (Phi) is 4.55. The van der Waals surface area contributed by atoms with E-state index in [1.165, 1.54) is 5.56 Å². The highest BCUT2D eigenvalue weighted by atomic mass is 16.3. The zero-order valence-corrected chi connectivity index (χ0v) is 11.0. The quantitative estimate of drug-likeness (QED) is 0.794. The van der Waals surface area contributed by atoms with Crippen molar-refractivity contribution in [2.75, 3.05) is 0 Å². The second-order valence-corrected chi connectivity index (χ2v) is 4.98. The lowest BCUT2D eigenvalue weighted by molar-refractivity contribution is 0.0280. The number of hydrogen-bond donors (Lipinski definition) is 1. The third-order valence-electron chi connectivity index (χ3n) is 3.57. The molecule has 90 valence electrons. The number of aliphatic hydroxyl groups is 1. The van der Waals surface area contributed by atoms with Crippen LogP contribution in [0.2, 0.25) is 0 Å². The van der Waals surface area contributed by atoms with Crippen molar-refractivity contribution in [3.63, 3.8) is 0 Å². The van der Waals surface area contributed by atoms with Crippen molar-refractivity contribution in [1.82, 2.24) is 0 Å². The lowest BCUT2D eigenvalue weighted by atomic mass is 9.82. The van der Waals surface area contributed by atoms with Gasteiger partial charge >= 0.3 is 0 Å². The third-order valence-corrected chi connectivity index (χ3v) is 3.57. The second-order valence-electron chi connectivity index (χ2n) is 4.98. The molecule has 1 rings (SSSR count). The summed E-state index contributed by atoms with van der Waals surface area (Å²) in [6, 6.07) is 8.13. The van der Waals surface area contributed by atoms with Gasteiger partial charge in [-0.2, -0.15) is 0 Å². The zero-order chi connectivity index (χ0) is 12.2. The fourth-order valence-electron chi connectivity index (χ4n) is 2.43. The summed E-state index contributed by atoms with van der Waals surface area (Å²) < 4.78 is 0. The average Bonchev–Trinajstić information content (AvgIpc) is 2.26. The topological polar surface area (TPSA) is 20.2 Å². The van der Waals surface area contributed by atoms with Gasteiger partial charge < -0.3 is 5.11 Å². The van der Waals surface area contributed by atoms with Crippen molar-refractivity contribution >= 4 is 0 Å². The molecule has 1 aromatic carbocycles. The number of aryl methyl sites for hydroxylation is 1. The van der Waals surface area contributed by atoms with Crippen molar-refractivity contribution in [3.05, 3.63) is 35.4 Å². The van der Waals surface area contributed by atoms with Gasteiger partial charge in [0, 0.05) is 0 Å². The summed E-state index contributed by atoms with van der Waals surface area (Å²) in [6.45, 7) is 8.40. The molecule has 1 heteroatoms. The maximum absolute atomic E-state index is 10.6. The van der Waals surface area contributed by atoms with Gasteiger partial charge in [0.05, 0.1) is 5.60 Å². The molecule has 1 atom stereocenters. The Labute approximate surface area is 99.5 Å². The Morgan fingerprint density at radius 2 is 1.75 bits per heavy atom. The number of benzene rings is 1. The van der Waals surface area contributed by atoms with Crippen molar-refractivity contribution in [1.29, 1.82) is 0 Å². The van der Waals surface area contributed by atoms with Gasteiger partial charge in [-0.3, -0.25) is 0 Å². The van der Waals surface area contributed by atoms with Gasteiger partial charge in [0.15, 0.2) is 0 Å². The first-order valence-electron chi connectivity index (χ1n) is 6.29. The molecule has 1 unspecified atom stereocenters. The van der Waals surface area contributed by atoms with E-state index in [-0.39, 0.29) is 0 Å². The summed E-state index contributed by atoms with van der Waals surface area (Å²) in [5.74, 6) is 0.606. The number of rotatable bonds is 5. The highest BCUT2D eigenvalue weighted by Crippen LogP contribution is 2.32. The van der Waals surface area contributed by atoms with E-state index in [2.05, 4.69) is 26.8 Å². The molecule has 1 nitrogen and oxygen atoms in total. The van der Waals surface area contributed by atoms with Crippen LogP contribution in [-0.4, -0.2) is 5.11 Å². The minimum atomic E-state index is -0.692. The first kappa shape index (κ1) is 13.2. The lowest BCUT2D eigenvalue weighted by Gasteiger charge is -2.29. The van der Waals surface area contributed by atoms with Gasteiger partial charge in [0.2, 0.25) is 0 Å². The predicted molar refractivity (Wildman–Crippen MR) is 69.4 cm³/mol. The van der Waals surface area contributed by atoms with Crippen LogP contribution in [0.1, 0.15) is 51.2 Å². The van der Waals surface area contributed by atoms with Crippen molar-refractivity contribution in [2.45, 2.75) is 52.6 Å². The summed E-state index contributed by atoms with van der Waals surface area (Å²) in [5.41, 5.74) is 1.56. The standard InChI is InChI=1S/C15H24O/c1-5-13(6-2)11-15(4,16)14-10-8-7-9-12(14)3/h7-10,13,16H,5-6,11H2,1-4H3. The number of hydrogen-bond acceptors (Lipinski definition) is 1. The van der Waals surface area contributed by atoms with E-state index in [1.54, 1.807) is 0 Å². The van der Waals surface area contributed by atoms with Crippen LogP contribution in [0.15, 0.2) is 24.3 Å². The Hall–Kier alpha value is -0.820.